The lowest BCUT2D eigenvalue weighted by Crippen LogP contribution is -2.40. The summed E-state index contributed by atoms with van der Waals surface area (Å²) in [6.07, 6.45) is 6.10. The molecule has 3 nitrogen and oxygen atoms in total. The summed E-state index contributed by atoms with van der Waals surface area (Å²) in [6.45, 7) is 2.67. The zero-order valence-corrected chi connectivity index (χ0v) is 13.5. The van der Waals surface area contributed by atoms with E-state index in [1.54, 1.807) is 0 Å². The number of aliphatic hydroxyl groups excluding tert-OH is 1. The van der Waals surface area contributed by atoms with Gasteiger partial charge in [-0.2, -0.15) is 0 Å². The van der Waals surface area contributed by atoms with Gasteiger partial charge in [-0.15, -0.1) is 0 Å². The van der Waals surface area contributed by atoms with Gasteiger partial charge in [0.1, 0.15) is 12.4 Å². The molecule has 1 aromatic carbocycles. The van der Waals surface area contributed by atoms with Gasteiger partial charge in [0.25, 0.3) is 0 Å². The average Bonchev–Trinajstić information content (AvgIpc) is 2.50. The van der Waals surface area contributed by atoms with Crippen LogP contribution in [0.5, 0.6) is 5.75 Å². The lowest BCUT2D eigenvalue weighted by Gasteiger charge is -2.35. The van der Waals surface area contributed by atoms with E-state index < -0.39 is 0 Å². The Morgan fingerprint density at radius 2 is 1.85 bits per heavy atom. The highest BCUT2D eigenvalue weighted by Gasteiger charge is 2.30. The van der Waals surface area contributed by atoms with Gasteiger partial charge in [0.2, 0.25) is 0 Å². The SMILES string of the molecule is OCC1(CNCCOc2ccc(Br)cc2)CCCCC1. The minimum atomic E-state index is 0.107. The summed E-state index contributed by atoms with van der Waals surface area (Å²) in [7, 11) is 0. The molecule has 0 unspecified atom stereocenters. The monoisotopic (exact) mass is 341 g/mol. The van der Waals surface area contributed by atoms with Crippen molar-refractivity contribution in [2.45, 2.75) is 32.1 Å². The molecule has 0 spiro atoms. The van der Waals surface area contributed by atoms with Gasteiger partial charge < -0.3 is 15.2 Å². The molecule has 2 rings (SSSR count). The second-order valence-electron chi connectivity index (χ2n) is 5.70. The van der Waals surface area contributed by atoms with E-state index in [0.29, 0.717) is 13.2 Å². The highest BCUT2D eigenvalue weighted by Crippen LogP contribution is 2.35. The second kappa shape index (κ2) is 8.01. The topological polar surface area (TPSA) is 41.5 Å². The number of hydrogen-bond donors (Lipinski definition) is 2. The van der Waals surface area contributed by atoms with Crippen molar-refractivity contribution >= 4 is 15.9 Å². The van der Waals surface area contributed by atoms with E-state index in [1.165, 1.54) is 19.3 Å². The molecular formula is C16H24BrNO2. The molecule has 0 atom stereocenters. The standard InChI is InChI=1S/C16H24BrNO2/c17-14-4-6-15(7-5-14)20-11-10-18-12-16(13-19)8-2-1-3-9-16/h4-7,18-19H,1-3,8-13H2. The molecule has 1 aliphatic rings. The first-order valence-corrected chi connectivity index (χ1v) is 8.23. The van der Waals surface area contributed by atoms with Crippen LogP contribution in [0.4, 0.5) is 0 Å². The molecule has 112 valence electrons. The largest absolute Gasteiger partial charge is 0.492 e. The van der Waals surface area contributed by atoms with Crippen molar-refractivity contribution in [2.24, 2.45) is 5.41 Å². The molecule has 0 radical (unpaired) electrons. The number of nitrogens with one attached hydrogen (secondary N) is 1. The molecule has 0 bridgehead atoms. The maximum atomic E-state index is 9.63. The zero-order chi connectivity index (χ0) is 14.3. The predicted molar refractivity (Wildman–Crippen MR) is 85.1 cm³/mol. The lowest BCUT2D eigenvalue weighted by molar-refractivity contribution is 0.0804. The summed E-state index contributed by atoms with van der Waals surface area (Å²) in [6, 6.07) is 7.87. The molecule has 1 fully saturated rings. The summed E-state index contributed by atoms with van der Waals surface area (Å²) in [5.41, 5.74) is 0.107. The van der Waals surface area contributed by atoms with E-state index >= 15 is 0 Å². The summed E-state index contributed by atoms with van der Waals surface area (Å²) < 4.78 is 6.73. The molecule has 4 heteroatoms. The van der Waals surface area contributed by atoms with Gasteiger partial charge in [-0.25, -0.2) is 0 Å². The van der Waals surface area contributed by atoms with Crippen LogP contribution in [0, 0.1) is 5.41 Å². The van der Waals surface area contributed by atoms with Crippen LogP contribution in [-0.4, -0.2) is 31.4 Å². The van der Waals surface area contributed by atoms with Crippen molar-refractivity contribution in [1.82, 2.24) is 5.32 Å². The maximum absolute atomic E-state index is 9.63. The van der Waals surface area contributed by atoms with E-state index in [2.05, 4.69) is 21.2 Å². The third kappa shape index (κ3) is 4.76. The highest BCUT2D eigenvalue weighted by atomic mass is 79.9. The first kappa shape index (κ1) is 15.8. The van der Waals surface area contributed by atoms with Gasteiger partial charge >= 0.3 is 0 Å². The van der Waals surface area contributed by atoms with Crippen LogP contribution >= 0.6 is 15.9 Å². The summed E-state index contributed by atoms with van der Waals surface area (Å²) in [4.78, 5) is 0. The summed E-state index contributed by atoms with van der Waals surface area (Å²) >= 11 is 3.40. The molecule has 0 saturated heterocycles. The second-order valence-corrected chi connectivity index (χ2v) is 6.61. The van der Waals surface area contributed by atoms with Crippen molar-refractivity contribution in [3.05, 3.63) is 28.7 Å². The molecule has 20 heavy (non-hydrogen) atoms. The van der Waals surface area contributed by atoms with Crippen LogP contribution in [0.15, 0.2) is 28.7 Å². The van der Waals surface area contributed by atoms with Gasteiger partial charge in [0.05, 0.1) is 0 Å². The normalized spacial score (nSPS) is 17.9. The van der Waals surface area contributed by atoms with Crippen LogP contribution in [0.2, 0.25) is 0 Å². The number of aliphatic hydroxyl groups is 1. The lowest BCUT2D eigenvalue weighted by atomic mass is 9.74. The first-order chi connectivity index (χ1) is 9.74. The van der Waals surface area contributed by atoms with Gasteiger partial charge in [-0.1, -0.05) is 35.2 Å². The fraction of sp³-hybridized carbons (Fsp3) is 0.625. The molecule has 1 aliphatic carbocycles. The Kier molecular flexibility index (Phi) is 6.33. The smallest absolute Gasteiger partial charge is 0.119 e. The third-order valence-corrected chi connectivity index (χ3v) is 4.64. The Hall–Kier alpha value is -0.580. The Balaban J connectivity index is 1.64. The number of ether oxygens (including phenoxy) is 1. The van der Waals surface area contributed by atoms with Gasteiger partial charge in [-0.3, -0.25) is 0 Å². The number of hydrogen-bond acceptors (Lipinski definition) is 3. The molecule has 0 aliphatic heterocycles. The Labute approximate surface area is 129 Å². The van der Waals surface area contributed by atoms with E-state index in [1.807, 2.05) is 24.3 Å². The molecule has 0 aromatic heterocycles. The van der Waals surface area contributed by atoms with E-state index in [-0.39, 0.29) is 5.41 Å². The van der Waals surface area contributed by atoms with Crippen LogP contribution in [-0.2, 0) is 0 Å². The minimum Gasteiger partial charge on any atom is -0.492 e. The van der Waals surface area contributed by atoms with Gasteiger partial charge in [-0.05, 0) is 37.1 Å². The molecule has 0 heterocycles. The minimum absolute atomic E-state index is 0.107. The maximum Gasteiger partial charge on any atom is 0.119 e. The quantitative estimate of drug-likeness (QED) is 0.747. The Morgan fingerprint density at radius 3 is 2.50 bits per heavy atom. The van der Waals surface area contributed by atoms with Crippen molar-refractivity contribution in [2.75, 3.05) is 26.3 Å². The Morgan fingerprint density at radius 1 is 1.15 bits per heavy atom. The van der Waals surface area contributed by atoms with Crippen molar-refractivity contribution in [1.29, 1.82) is 0 Å². The van der Waals surface area contributed by atoms with Crippen LogP contribution in [0.25, 0.3) is 0 Å². The first-order valence-electron chi connectivity index (χ1n) is 7.44. The van der Waals surface area contributed by atoms with Gasteiger partial charge in [0, 0.05) is 29.6 Å². The molecule has 1 saturated carbocycles. The molecular weight excluding hydrogens is 318 g/mol. The molecule has 1 aromatic rings. The molecule has 2 N–H and O–H groups in total. The van der Waals surface area contributed by atoms with Crippen LogP contribution < -0.4 is 10.1 Å². The fourth-order valence-electron chi connectivity index (χ4n) is 2.82. The predicted octanol–water partition coefficient (Wildman–Crippen LogP) is 3.36. The Bertz CT molecular complexity index is 388. The van der Waals surface area contributed by atoms with Crippen molar-refractivity contribution in [3.8, 4) is 5.75 Å². The van der Waals surface area contributed by atoms with Crippen molar-refractivity contribution < 1.29 is 9.84 Å². The highest BCUT2D eigenvalue weighted by molar-refractivity contribution is 9.10. The zero-order valence-electron chi connectivity index (χ0n) is 11.9. The van der Waals surface area contributed by atoms with Crippen LogP contribution in [0.3, 0.4) is 0 Å². The van der Waals surface area contributed by atoms with Gasteiger partial charge in [0.15, 0.2) is 0 Å². The third-order valence-electron chi connectivity index (χ3n) is 4.11. The number of benzene rings is 1. The summed E-state index contributed by atoms with van der Waals surface area (Å²) in [5, 5.41) is 13.1. The fourth-order valence-corrected chi connectivity index (χ4v) is 3.08. The van der Waals surface area contributed by atoms with Crippen molar-refractivity contribution in [3.63, 3.8) is 0 Å². The van der Waals surface area contributed by atoms with Crippen LogP contribution in [0.1, 0.15) is 32.1 Å². The molecule has 0 amide bonds. The average molecular weight is 342 g/mol. The van der Waals surface area contributed by atoms with E-state index in [4.69, 9.17) is 4.74 Å². The van der Waals surface area contributed by atoms with E-state index in [0.717, 1.165) is 36.2 Å². The van der Waals surface area contributed by atoms with E-state index in [9.17, 15) is 5.11 Å². The number of rotatable bonds is 7. The number of halogens is 1. The summed E-state index contributed by atoms with van der Waals surface area (Å²) in [5.74, 6) is 0.893.